The Hall–Kier alpha value is -4.89. The van der Waals surface area contributed by atoms with Gasteiger partial charge in [-0.2, -0.15) is 30.0 Å². The van der Waals surface area contributed by atoms with Gasteiger partial charge in [0.15, 0.2) is 5.71 Å². The van der Waals surface area contributed by atoms with Crippen molar-refractivity contribution in [2.45, 2.75) is 43.2 Å². The van der Waals surface area contributed by atoms with Gasteiger partial charge in [-0.1, -0.05) is 45.7 Å². The summed E-state index contributed by atoms with van der Waals surface area (Å²) < 4.78 is 111. The van der Waals surface area contributed by atoms with Gasteiger partial charge in [0.25, 0.3) is 0 Å². The fraction of sp³-hybridized carbons (Fsp3) is 0.212. The molecule has 0 heterocycles. The Morgan fingerprint density at radius 1 is 0.604 bits per heavy atom. The van der Waals surface area contributed by atoms with Crippen molar-refractivity contribution in [3.63, 3.8) is 0 Å². The van der Waals surface area contributed by atoms with E-state index in [9.17, 15) is 30.0 Å². The number of rotatable bonds is 14. The molecule has 0 bridgehead atoms. The number of hydrogen-bond donors (Lipinski definition) is 0. The molecular formula is C33H31F3N2O8S2. The zero-order valence-corrected chi connectivity index (χ0v) is 27.6. The predicted octanol–water partition coefficient (Wildman–Crippen LogP) is 6.95. The molecule has 4 aromatic rings. The highest BCUT2D eigenvalue weighted by Gasteiger charge is 2.38. The number of aryl methyl sites for hydroxylation is 2. The van der Waals surface area contributed by atoms with E-state index in [0.717, 1.165) is 23.3 Å². The number of halogens is 3. The Balaban J connectivity index is 1.25. The maximum absolute atomic E-state index is 13.7. The molecule has 0 atom stereocenters. The molecule has 0 saturated carbocycles. The highest BCUT2D eigenvalue weighted by molar-refractivity contribution is 7.87. The standard InChI is InChI=1S/C33H31F3N2O8S2/c1-23-5-17-30(18-6-23)47(39,40)45-37-25(3)26-9-13-28(14-10-26)43-21-4-22-44-29-15-11-27(12-16-29)32(33(34,35)36)38-46-48(41,42)31-19-7-24(2)8-20-31/h5-20H,4,21-22H2,1-3H3/b37-25+,38-32-. The molecule has 4 rings (SSSR count). The number of oxime groups is 2. The van der Waals surface area contributed by atoms with E-state index in [0.29, 0.717) is 23.4 Å². The van der Waals surface area contributed by atoms with Crippen molar-refractivity contribution >= 4 is 31.7 Å². The normalized spacial score (nSPS) is 12.8. The zero-order valence-electron chi connectivity index (χ0n) is 26.0. The fourth-order valence-corrected chi connectivity index (χ4v) is 5.44. The first-order chi connectivity index (χ1) is 22.6. The number of hydrogen-bond acceptors (Lipinski definition) is 10. The summed E-state index contributed by atoms with van der Waals surface area (Å²) in [5.74, 6) is 0.814. The summed E-state index contributed by atoms with van der Waals surface area (Å²) in [7, 11) is -8.62. The number of alkyl halides is 3. The van der Waals surface area contributed by atoms with Crippen molar-refractivity contribution in [2.24, 2.45) is 10.3 Å². The maximum atomic E-state index is 13.7. The lowest BCUT2D eigenvalue weighted by atomic mass is 10.1. The summed E-state index contributed by atoms with van der Waals surface area (Å²) in [5.41, 5.74) is 0.685. The summed E-state index contributed by atoms with van der Waals surface area (Å²) >= 11 is 0. The van der Waals surface area contributed by atoms with Crippen LogP contribution in [0, 0.1) is 13.8 Å². The third-order valence-electron chi connectivity index (χ3n) is 6.61. The van der Waals surface area contributed by atoms with Crippen LogP contribution in [0.5, 0.6) is 11.5 Å². The zero-order chi connectivity index (χ0) is 35.0. The van der Waals surface area contributed by atoms with Crippen molar-refractivity contribution in [3.8, 4) is 11.5 Å². The number of benzene rings is 4. The first-order valence-corrected chi connectivity index (χ1v) is 17.1. The molecule has 0 unspecified atom stereocenters. The van der Waals surface area contributed by atoms with Gasteiger partial charge >= 0.3 is 26.4 Å². The Labute approximate surface area is 276 Å². The van der Waals surface area contributed by atoms with Gasteiger partial charge in [-0.05, 0) is 99.1 Å². The minimum Gasteiger partial charge on any atom is -0.493 e. The van der Waals surface area contributed by atoms with E-state index in [4.69, 9.17) is 13.8 Å². The van der Waals surface area contributed by atoms with Gasteiger partial charge in [0.1, 0.15) is 21.3 Å². The van der Waals surface area contributed by atoms with E-state index in [-0.39, 0.29) is 28.8 Å². The lowest BCUT2D eigenvalue weighted by Gasteiger charge is -2.12. The Kier molecular flexibility index (Phi) is 11.5. The largest absolute Gasteiger partial charge is 0.493 e. The average Bonchev–Trinajstić information content (AvgIpc) is 3.04. The first-order valence-electron chi connectivity index (χ1n) is 14.3. The van der Waals surface area contributed by atoms with E-state index >= 15 is 0 Å². The summed E-state index contributed by atoms with van der Waals surface area (Å²) in [6.07, 6.45) is -4.56. The lowest BCUT2D eigenvalue weighted by Crippen LogP contribution is -2.25. The van der Waals surface area contributed by atoms with Crippen LogP contribution in [-0.2, 0) is 28.8 Å². The Morgan fingerprint density at radius 2 is 1.00 bits per heavy atom. The van der Waals surface area contributed by atoms with Crippen molar-refractivity contribution in [1.29, 1.82) is 0 Å². The lowest BCUT2D eigenvalue weighted by molar-refractivity contribution is -0.0597. The Bertz CT molecular complexity index is 1960. The molecule has 254 valence electrons. The van der Waals surface area contributed by atoms with Crippen molar-refractivity contribution in [1.82, 2.24) is 0 Å². The monoisotopic (exact) mass is 704 g/mol. The highest BCUT2D eigenvalue weighted by Crippen LogP contribution is 2.26. The molecule has 0 aliphatic carbocycles. The summed E-state index contributed by atoms with van der Waals surface area (Å²) in [4.78, 5) is -0.336. The van der Waals surface area contributed by atoms with E-state index < -0.39 is 37.7 Å². The van der Waals surface area contributed by atoms with Gasteiger partial charge in [0, 0.05) is 12.0 Å². The van der Waals surface area contributed by atoms with Crippen LogP contribution in [0.1, 0.15) is 35.6 Å². The van der Waals surface area contributed by atoms with E-state index in [1.807, 2.05) is 6.92 Å². The minimum atomic E-state index is -5.00. The van der Waals surface area contributed by atoms with Crippen molar-refractivity contribution < 1.29 is 48.0 Å². The molecule has 0 aliphatic heterocycles. The van der Waals surface area contributed by atoms with Crippen LogP contribution in [0.3, 0.4) is 0 Å². The molecule has 0 radical (unpaired) electrons. The quantitative estimate of drug-likeness (QED) is 0.0783. The summed E-state index contributed by atoms with van der Waals surface area (Å²) in [6, 6.07) is 23.1. The fourth-order valence-electron chi connectivity index (χ4n) is 3.95. The second-order valence-electron chi connectivity index (χ2n) is 10.4. The molecule has 0 aliphatic rings. The van der Waals surface area contributed by atoms with Crippen LogP contribution >= 0.6 is 0 Å². The highest BCUT2D eigenvalue weighted by atomic mass is 32.2. The van der Waals surface area contributed by atoms with Gasteiger partial charge in [0.05, 0.1) is 18.9 Å². The molecule has 4 aromatic carbocycles. The topological polar surface area (TPSA) is 130 Å². The molecule has 0 N–H and O–H groups in total. The van der Waals surface area contributed by atoms with Crippen LogP contribution in [0.25, 0.3) is 0 Å². The molecular weight excluding hydrogens is 673 g/mol. The van der Waals surface area contributed by atoms with Gasteiger partial charge in [-0.25, -0.2) is 0 Å². The average molecular weight is 705 g/mol. The molecule has 48 heavy (non-hydrogen) atoms. The summed E-state index contributed by atoms with van der Waals surface area (Å²) in [6.45, 7) is 5.62. The number of ether oxygens (including phenoxy) is 2. The maximum Gasteiger partial charge on any atom is 0.437 e. The van der Waals surface area contributed by atoms with E-state index in [1.165, 1.54) is 48.5 Å². The van der Waals surface area contributed by atoms with Crippen molar-refractivity contribution in [3.05, 3.63) is 119 Å². The smallest absolute Gasteiger partial charge is 0.437 e. The van der Waals surface area contributed by atoms with Crippen LogP contribution in [0.4, 0.5) is 13.2 Å². The number of nitrogens with zero attached hydrogens (tertiary/aromatic N) is 2. The second-order valence-corrected chi connectivity index (χ2v) is 13.5. The molecule has 0 aromatic heterocycles. The molecule has 0 amide bonds. The Morgan fingerprint density at radius 3 is 1.42 bits per heavy atom. The van der Waals surface area contributed by atoms with Crippen LogP contribution in [0.2, 0.25) is 0 Å². The van der Waals surface area contributed by atoms with Gasteiger partial charge in [-0.15, -0.1) is 0 Å². The molecule has 0 saturated heterocycles. The van der Waals surface area contributed by atoms with Crippen LogP contribution < -0.4 is 9.47 Å². The van der Waals surface area contributed by atoms with Crippen LogP contribution in [0.15, 0.2) is 117 Å². The van der Waals surface area contributed by atoms with E-state index in [1.54, 1.807) is 50.2 Å². The second kappa shape index (κ2) is 15.3. The van der Waals surface area contributed by atoms with Crippen LogP contribution in [-0.4, -0.2) is 47.6 Å². The molecule has 0 fully saturated rings. The first kappa shape index (κ1) is 36.0. The predicted molar refractivity (Wildman–Crippen MR) is 172 cm³/mol. The third-order valence-corrected chi connectivity index (χ3v) is 8.85. The summed E-state index contributed by atoms with van der Waals surface area (Å²) in [5, 5.41) is 6.69. The molecule has 15 heteroatoms. The molecule has 10 nitrogen and oxygen atoms in total. The minimum absolute atomic E-state index is 0.00532. The van der Waals surface area contributed by atoms with E-state index in [2.05, 4.69) is 14.6 Å². The van der Waals surface area contributed by atoms with Gasteiger partial charge < -0.3 is 9.47 Å². The van der Waals surface area contributed by atoms with Crippen molar-refractivity contribution in [2.75, 3.05) is 13.2 Å². The SMILES string of the molecule is C/C(=N\OS(=O)(=O)c1ccc(C)cc1)c1ccc(OCCCOc2ccc(/C(=N/OS(=O)(=O)c3ccc(C)cc3)C(F)(F)F)cc2)cc1. The third kappa shape index (κ3) is 10.1. The van der Waals surface area contributed by atoms with Gasteiger partial charge in [0.2, 0.25) is 0 Å². The molecule has 0 spiro atoms. The van der Waals surface area contributed by atoms with Gasteiger partial charge in [-0.3, -0.25) is 8.57 Å².